The summed E-state index contributed by atoms with van der Waals surface area (Å²) in [5.74, 6) is 0.681. The molecule has 5 heteroatoms. The van der Waals surface area contributed by atoms with Crippen LogP contribution in [0.25, 0.3) is 0 Å². The highest BCUT2D eigenvalue weighted by molar-refractivity contribution is 6.28. The summed E-state index contributed by atoms with van der Waals surface area (Å²) >= 11 is 5.59. The predicted molar refractivity (Wildman–Crippen MR) is 51.8 cm³/mol. The van der Waals surface area contributed by atoms with Crippen LogP contribution < -0.4 is 5.32 Å². The lowest BCUT2D eigenvalue weighted by atomic mass is 10.2. The van der Waals surface area contributed by atoms with Crippen LogP contribution >= 0.6 is 11.6 Å². The van der Waals surface area contributed by atoms with Gasteiger partial charge in [-0.3, -0.25) is 0 Å². The molecule has 0 aromatic carbocycles. The zero-order valence-electron chi connectivity index (χ0n) is 7.37. The molecule has 0 radical (unpaired) electrons. The molecule has 0 spiro atoms. The van der Waals surface area contributed by atoms with E-state index in [9.17, 15) is 0 Å². The summed E-state index contributed by atoms with van der Waals surface area (Å²) < 4.78 is 0. The minimum Gasteiger partial charge on any atom is -0.396 e. The first-order valence-electron chi connectivity index (χ1n) is 4.08. The van der Waals surface area contributed by atoms with Gasteiger partial charge in [0.1, 0.15) is 5.82 Å². The van der Waals surface area contributed by atoms with Crippen molar-refractivity contribution in [2.45, 2.75) is 19.4 Å². The van der Waals surface area contributed by atoms with Crippen molar-refractivity contribution in [3.05, 3.63) is 17.5 Å². The Morgan fingerprint density at radius 2 is 2.46 bits per heavy atom. The molecule has 0 aliphatic rings. The topological polar surface area (TPSA) is 58.0 Å². The molecule has 1 atom stereocenters. The SMILES string of the molecule is CC(CCO)Nc1ccnc(Cl)n1. The molecule has 1 unspecified atom stereocenters. The summed E-state index contributed by atoms with van der Waals surface area (Å²) in [5.41, 5.74) is 0. The zero-order chi connectivity index (χ0) is 9.68. The summed E-state index contributed by atoms with van der Waals surface area (Å²) in [6, 6.07) is 1.91. The fourth-order valence-corrected chi connectivity index (χ4v) is 1.08. The van der Waals surface area contributed by atoms with E-state index in [4.69, 9.17) is 16.7 Å². The highest BCUT2D eigenvalue weighted by Crippen LogP contribution is 2.08. The van der Waals surface area contributed by atoms with Gasteiger partial charge in [-0.1, -0.05) is 0 Å². The molecule has 1 aromatic heterocycles. The van der Waals surface area contributed by atoms with Crippen molar-refractivity contribution >= 4 is 17.4 Å². The van der Waals surface area contributed by atoms with Crippen molar-refractivity contribution in [3.8, 4) is 0 Å². The molecule has 1 rings (SSSR count). The molecule has 0 fully saturated rings. The second kappa shape index (κ2) is 4.99. The number of halogens is 1. The van der Waals surface area contributed by atoms with Gasteiger partial charge >= 0.3 is 0 Å². The van der Waals surface area contributed by atoms with Crippen molar-refractivity contribution in [2.24, 2.45) is 0 Å². The molecular weight excluding hydrogens is 190 g/mol. The maximum atomic E-state index is 8.67. The summed E-state index contributed by atoms with van der Waals surface area (Å²) in [7, 11) is 0. The van der Waals surface area contributed by atoms with Gasteiger partial charge in [-0.05, 0) is 31.0 Å². The Morgan fingerprint density at radius 3 is 3.08 bits per heavy atom. The zero-order valence-corrected chi connectivity index (χ0v) is 8.12. The lowest BCUT2D eigenvalue weighted by Gasteiger charge is -2.12. The lowest BCUT2D eigenvalue weighted by molar-refractivity contribution is 0.282. The first kappa shape index (κ1) is 10.2. The van der Waals surface area contributed by atoms with Crippen molar-refractivity contribution in [1.82, 2.24) is 9.97 Å². The van der Waals surface area contributed by atoms with Crippen LogP contribution in [0.15, 0.2) is 12.3 Å². The summed E-state index contributed by atoms with van der Waals surface area (Å²) in [6.45, 7) is 2.12. The van der Waals surface area contributed by atoms with Crippen LogP contribution in [0.1, 0.15) is 13.3 Å². The highest BCUT2D eigenvalue weighted by atomic mass is 35.5. The number of hydrogen-bond donors (Lipinski definition) is 2. The summed E-state index contributed by atoms with van der Waals surface area (Å²) in [6.07, 6.45) is 2.27. The normalized spacial score (nSPS) is 12.5. The largest absolute Gasteiger partial charge is 0.396 e. The lowest BCUT2D eigenvalue weighted by Crippen LogP contribution is -2.17. The van der Waals surface area contributed by atoms with E-state index in [-0.39, 0.29) is 17.9 Å². The average molecular weight is 202 g/mol. The van der Waals surface area contributed by atoms with Crippen LogP contribution in [0.3, 0.4) is 0 Å². The van der Waals surface area contributed by atoms with E-state index in [1.165, 1.54) is 0 Å². The molecule has 0 aliphatic heterocycles. The molecule has 1 heterocycles. The number of nitrogens with zero attached hydrogens (tertiary/aromatic N) is 2. The number of anilines is 1. The quantitative estimate of drug-likeness (QED) is 0.722. The van der Waals surface area contributed by atoms with Gasteiger partial charge in [0.25, 0.3) is 0 Å². The third-order valence-corrected chi connectivity index (χ3v) is 1.76. The van der Waals surface area contributed by atoms with Crippen LogP contribution in [0, 0.1) is 0 Å². The second-order valence-corrected chi connectivity index (χ2v) is 3.11. The number of aliphatic hydroxyl groups is 1. The molecule has 4 nitrogen and oxygen atoms in total. The standard InChI is InChI=1S/C8H12ClN3O/c1-6(3-5-13)11-7-2-4-10-8(9)12-7/h2,4,6,13H,3,5H2,1H3,(H,10,11,12). The first-order chi connectivity index (χ1) is 6.22. The first-order valence-corrected chi connectivity index (χ1v) is 4.46. The molecular formula is C8H12ClN3O. The number of rotatable bonds is 4. The van der Waals surface area contributed by atoms with Gasteiger partial charge in [-0.2, -0.15) is 0 Å². The molecule has 72 valence electrons. The Balaban J connectivity index is 2.53. The van der Waals surface area contributed by atoms with Crippen LogP contribution in [0.5, 0.6) is 0 Å². The predicted octanol–water partition coefficient (Wildman–Crippen LogP) is 1.31. The summed E-state index contributed by atoms with van der Waals surface area (Å²) in [4.78, 5) is 7.72. The van der Waals surface area contributed by atoms with Crippen LogP contribution in [-0.4, -0.2) is 27.7 Å². The van der Waals surface area contributed by atoms with E-state index in [1.54, 1.807) is 12.3 Å². The van der Waals surface area contributed by atoms with Crippen LogP contribution in [0.4, 0.5) is 5.82 Å². The van der Waals surface area contributed by atoms with E-state index in [0.29, 0.717) is 12.2 Å². The second-order valence-electron chi connectivity index (χ2n) is 2.77. The Labute approximate surface area is 82.0 Å². The van der Waals surface area contributed by atoms with E-state index in [0.717, 1.165) is 0 Å². The molecule has 0 amide bonds. The van der Waals surface area contributed by atoms with Gasteiger partial charge in [-0.15, -0.1) is 0 Å². The molecule has 0 aliphatic carbocycles. The van der Waals surface area contributed by atoms with E-state index in [1.807, 2.05) is 6.92 Å². The Morgan fingerprint density at radius 1 is 1.69 bits per heavy atom. The monoisotopic (exact) mass is 201 g/mol. The smallest absolute Gasteiger partial charge is 0.224 e. The molecule has 0 bridgehead atoms. The third-order valence-electron chi connectivity index (χ3n) is 1.58. The van der Waals surface area contributed by atoms with Crippen molar-refractivity contribution in [1.29, 1.82) is 0 Å². The van der Waals surface area contributed by atoms with Crippen molar-refractivity contribution < 1.29 is 5.11 Å². The van der Waals surface area contributed by atoms with Gasteiger partial charge in [0, 0.05) is 18.8 Å². The average Bonchev–Trinajstić information content (AvgIpc) is 2.04. The minimum absolute atomic E-state index is 0.160. The maximum Gasteiger partial charge on any atom is 0.224 e. The molecule has 2 N–H and O–H groups in total. The fraction of sp³-hybridized carbons (Fsp3) is 0.500. The highest BCUT2D eigenvalue weighted by Gasteiger charge is 2.02. The Bertz CT molecular complexity index is 269. The Hall–Kier alpha value is -0.870. The van der Waals surface area contributed by atoms with E-state index in [2.05, 4.69) is 15.3 Å². The van der Waals surface area contributed by atoms with Crippen LogP contribution in [-0.2, 0) is 0 Å². The molecule has 0 saturated carbocycles. The van der Waals surface area contributed by atoms with E-state index < -0.39 is 0 Å². The number of hydrogen-bond acceptors (Lipinski definition) is 4. The van der Waals surface area contributed by atoms with Gasteiger partial charge in [0.2, 0.25) is 5.28 Å². The number of nitrogens with one attached hydrogen (secondary N) is 1. The van der Waals surface area contributed by atoms with Crippen molar-refractivity contribution in [3.63, 3.8) is 0 Å². The van der Waals surface area contributed by atoms with Gasteiger partial charge in [0.05, 0.1) is 0 Å². The number of aliphatic hydroxyl groups excluding tert-OH is 1. The van der Waals surface area contributed by atoms with Crippen molar-refractivity contribution in [2.75, 3.05) is 11.9 Å². The Kier molecular flexibility index (Phi) is 3.92. The number of aromatic nitrogens is 2. The summed E-state index contributed by atoms with van der Waals surface area (Å²) in [5, 5.41) is 12.0. The third kappa shape index (κ3) is 3.57. The molecule has 13 heavy (non-hydrogen) atoms. The van der Waals surface area contributed by atoms with Gasteiger partial charge in [-0.25, -0.2) is 9.97 Å². The maximum absolute atomic E-state index is 8.67. The fourth-order valence-electron chi connectivity index (χ4n) is 0.934. The van der Waals surface area contributed by atoms with E-state index >= 15 is 0 Å². The van der Waals surface area contributed by atoms with Gasteiger partial charge in [0.15, 0.2) is 0 Å². The van der Waals surface area contributed by atoms with Crippen LogP contribution in [0.2, 0.25) is 5.28 Å². The van der Waals surface area contributed by atoms with Gasteiger partial charge < -0.3 is 10.4 Å². The molecule has 1 aromatic rings. The molecule has 0 saturated heterocycles. The minimum atomic E-state index is 0.160.